The lowest BCUT2D eigenvalue weighted by atomic mass is 9.76. The van der Waals surface area contributed by atoms with Gasteiger partial charge in [-0.05, 0) is 55.5 Å². The Balaban J connectivity index is 2.01. The van der Waals surface area contributed by atoms with E-state index in [0.717, 1.165) is 0 Å². The minimum Gasteiger partial charge on any atom is -0.371 e. The predicted molar refractivity (Wildman–Crippen MR) is 144 cm³/mol. The zero-order valence-electron chi connectivity index (χ0n) is 21.6. The van der Waals surface area contributed by atoms with Crippen LogP contribution in [-0.4, -0.2) is 39.8 Å². The largest absolute Gasteiger partial charge is 0.416 e. The fourth-order valence-corrected chi connectivity index (χ4v) is 5.80. The zero-order valence-corrected chi connectivity index (χ0v) is 23.8. The molecule has 3 atom stereocenters. The number of likely N-dealkylation sites (tertiary alicyclic amines) is 1. The van der Waals surface area contributed by atoms with Crippen LogP contribution in [0.1, 0.15) is 61.0 Å². The molecule has 0 unspecified atom stereocenters. The monoisotopic (exact) mass is 685 g/mol. The lowest BCUT2D eigenvalue weighted by Gasteiger charge is -2.53. The third-order valence-corrected chi connectivity index (χ3v) is 8.62. The zero-order chi connectivity index (χ0) is 29.9. The summed E-state index contributed by atoms with van der Waals surface area (Å²) >= 11 is 2.20. The van der Waals surface area contributed by atoms with E-state index in [1.54, 1.807) is 35.2 Å². The molecule has 0 radical (unpaired) electrons. The summed E-state index contributed by atoms with van der Waals surface area (Å²) in [7, 11) is 0. The predicted octanol–water partition coefficient (Wildman–Crippen LogP) is 5.72. The number of primary amides is 1. The molecule has 13 heteroatoms. The Labute approximate surface area is 241 Å². The molecule has 1 heterocycles. The van der Waals surface area contributed by atoms with Crippen LogP contribution in [0.2, 0.25) is 0 Å². The number of carbonyl (C=O) groups excluding carboxylic acids is 2. The van der Waals surface area contributed by atoms with Crippen molar-refractivity contribution in [2.75, 3.05) is 19.7 Å². The van der Waals surface area contributed by atoms with Gasteiger partial charge in [0.15, 0.2) is 0 Å². The molecular weight excluding hydrogens is 655 g/mol. The number of halogens is 7. The third kappa shape index (κ3) is 7.46. The summed E-state index contributed by atoms with van der Waals surface area (Å²) in [5.41, 5.74) is 7.48. The first-order chi connectivity index (χ1) is 18.5. The van der Waals surface area contributed by atoms with Gasteiger partial charge in [-0.25, -0.2) is 0 Å². The molecule has 0 saturated carbocycles. The van der Waals surface area contributed by atoms with Crippen LogP contribution in [0.5, 0.6) is 0 Å². The maximum Gasteiger partial charge on any atom is 0.416 e. The van der Waals surface area contributed by atoms with Gasteiger partial charge in [-0.1, -0.05) is 52.9 Å². The summed E-state index contributed by atoms with van der Waals surface area (Å²) in [5.74, 6) is -0.901. The molecule has 1 aliphatic heterocycles. The molecule has 1 aliphatic rings. The molecule has 1 saturated heterocycles. The standard InChI is InChI=1S/C27H30F6IN3O3/c1-17(18-11-20(26(28,29)30)13-21(12-18)27(31,32)33)40-16-25(19-5-3-2-4-6-19)10-9-24(34,8-7-22(36)38)15-37(25)23(39)14-35/h2-6,11-13,17H,7-10,14-16,35H2,1H3,(H2,36,38)/t17-,24-,25-/m1/s1. The van der Waals surface area contributed by atoms with Gasteiger partial charge in [0.1, 0.15) is 0 Å². The quantitative estimate of drug-likeness (QED) is 0.201. The Morgan fingerprint density at radius 3 is 2.10 bits per heavy atom. The molecule has 2 amide bonds. The van der Waals surface area contributed by atoms with Gasteiger partial charge in [0.25, 0.3) is 0 Å². The molecule has 2 aromatic rings. The minimum absolute atomic E-state index is 0.0660. The number of hydrogen-bond donors (Lipinski definition) is 2. The Morgan fingerprint density at radius 2 is 1.60 bits per heavy atom. The van der Waals surface area contributed by atoms with Gasteiger partial charge < -0.3 is 21.1 Å². The summed E-state index contributed by atoms with van der Waals surface area (Å²) in [6.45, 7) is 0.992. The van der Waals surface area contributed by atoms with Gasteiger partial charge in [-0.15, -0.1) is 0 Å². The molecule has 40 heavy (non-hydrogen) atoms. The van der Waals surface area contributed by atoms with Crippen molar-refractivity contribution >= 4 is 34.4 Å². The van der Waals surface area contributed by atoms with Gasteiger partial charge >= 0.3 is 12.4 Å². The maximum atomic E-state index is 13.4. The fourth-order valence-electron chi connectivity index (χ4n) is 4.92. The van der Waals surface area contributed by atoms with Crippen molar-refractivity contribution in [1.29, 1.82) is 0 Å². The summed E-state index contributed by atoms with van der Waals surface area (Å²) in [6, 6.07) is 10.2. The molecule has 0 spiro atoms. The van der Waals surface area contributed by atoms with Gasteiger partial charge in [-0.3, -0.25) is 9.59 Å². The molecule has 220 valence electrons. The third-order valence-electron chi connectivity index (χ3n) is 7.20. The molecule has 0 aromatic heterocycles. The van der Waals surface area contributed by atoms with Crippen molar-refractivity contribution in [2.24, 2.45) is 11.5 Å². The SMILES string of the molecule is C[C@@H](OC[C@@]1(c2ccccc2)CC[C@](I)(CCC(N)=O)CN1C(=O)CN)c1cc(C(F)(F)F)cc(C(F)(F)F)c1. The molecule has 6 nitrogen and oxygen atoms in total. The highest BCUT2D eigenvalue weighted by atomic mass is 127. The van der Waals surface area contributed by atoms with Crippen molar-refractivity contribution in [1.82, 2.24) is 4.90 Å². The number of nitrogens with two attached hydrogens (primary N) is 2. The smallest absolute Gasteiger partial charge is 0.371 e. The highest BCUT2D eigenvalue weighted by molar-refractivity contribution is 14.1. The first kappa shape index (κ1) is 32.1. The second-order valence-corrected chi connectivity index (χ2v) is 12.3. The minimum atomic E-state index is -5.00. The summed E-state index contributed by atoms with van der Waals surface area (Å²) in [6.07, 6.45) is -9.79. The molecule has 4 N–H and O–H groups in total. The first-order valence-electron chi connectivity index (χ1n) is 12.4. The second-order valence-electron chi connectivity index (χ2n) is 9.99. The van der Waals surface area contributed by atoms with Crippen LogP contribution in [0.15, 0.2) is 48.5 Å². The van der Waals surface area contributed by atoms with Crippen LogP contribution < -0.4 is 11.5 Å². The number of carbonyl (C=O) groups is 2. The van der Waals surface area contributed by atoms with Crippen LogP contribution in [0.3, 0.4) is 0 Å². The number of alkyl halides is 7. The van der Waals surface area contributed by atoms with E-state index in [-0.39, 0.29) is 37.7 Å². The van der Waals surface area contributed by atoms with Crippen molar-refractivity contribution < 1.29 is 40.7 Å². The Bertz CT molecular complexity index is 1180. The van der Waals surface area contributed by atoms with E-state index in [1.165, 1.54) is 6.92 Å². The van der Waals surface area contributed by atoms with E-state index < -0.39 is 50.4 Å². The lowest BCUT2D eigenvalue weighted by Crippen LogP contribution is -2.61. The number of hydrogen-bond acceptors (Lipinski definition) is 4. The highest BCUT2D eigenvalue weighted by Gasteiger charge is 2.50. The summed E-state index contributed by atoms with van der Waals surface area (Å²) < 4.78 is 86.1. The van der Waals surface area contributed by atoms with E-state index in [1.807, 2.05) is 0 Å². The van der Waals surface area contributed by atoms with Crippen molar-refractivity contribution in [3.63, 3.8) is 0 Å². The number of amides is 2. The molecule has 0 aliphatic carbocycles. The Hall–Kier alpha value is -2.39. The first-order valence-corrected chi connectivity index (χ1v) is 13.5. The number of nitrogens with zero attached hydrogens (tertiary/aromatic N) is 1. The lowest BCUT2D eigenvalue weighted by molar-refractivity contribution is -0.147. The number of ether oxygens (including phenoxy) is 1. The van der Waals surface area contributed by atoms with E-state index in [9.17, 15) is 35.9 Å². The molecule has 1 fully saturated rings. The van der Waals surface area contributed by atoms with Crippen LogP contribution in [0.4, 0.5) is 26.3 Å². The van der Waals surface area contributed by atoms with Crippen molar-refractivity contribution in [2.45, 2.75) is 60.0 Å². The maximum absolute atomic E-state index is 13.4. The average Bonchev–Trinajstić information content (AvgIpc) is 2.90. The van der Waals surface area contributed by atoms with Gasteiger partial charge in [0.2, 0.25) is 11.8 Å². The Morgan fingerprint density at radius 1 is 1.02 bits per heavy atom. The average molecular weight is 685 g/mol. The number of rotatable bonds is 9. The second kappa shape index (κ2) is 12.2. The van der Waals surface area contributed by atoms with Crippen LogP contribution in [-0.2, 0) is 32.2 Å². The highest BCUT2D eigenvalue weighted by Crippen LogP contribution is 2.47. The van der Waals surface area contributed by atoms with Crippen molar-refractivity contribution in [3.8, 4) is 0 Å². The summed E-state index contributed by atoms with van der Waals surface area (Å²) in [4.78, 5) is 26.2. The van der Waals surface area contributed by atoms with Crippen molar-refractivity contribution in [3.05, 3.63) is 70.8 Å². The van der Waals surface area contributed by atoms with Crippen LogP contribution >= 0.6 is 22.6 Å². The molecule has 3 rings (SSSR count). The van der Waals surface area contributed by atoms with E-state index >= 15 is 0 Å². The normalized spacial score (nSPS) is 22.7. The van der Waals surface area contributed by atoms with Crippen LogP contribution in [0, 0.1) is 0 Å². The van der Waals surface area contributed by atoms with Gasteiger partial charge in [0.05, 0.1) is 35.9 Å². The summed E-state index contributed by atoms with van der Waals surface area (Å²) in [5, 5.41) is 0. The topological polar surface area (TPSA) is 98.6 Å². The molecular formula is C27H30F6IN3O3. The number of piperidine rings is 1. The van der Waals surface area contributed by atoms with E-state index in [0.29, 0.717) is 37.0 Å². The van der Waals surface area contributed by atoms with Gasteiger partial charge in [0, 0.05) is 16.4 Å². The van der Waals surface area contributed by atoms with Gasteiger partial charge in [-0.2, -0.15) is 26.3 Å². The Kier molecular flexibility index (Phi) is 9.82. The van der Waals surface area contributed by atoms with Crippen LogP contribution in [0.25, 0.3) is 0 Å². The molecule has 0 bridgehead atoms. The van der Waals surface area contributed by atoms with E-state index in [4.69, 9.17) is 16.2 Å². The molecule has 2 aromatic carbocycles. The fraction of sp³-hybridized carbons (Fsp3) is 0.481. The van der Waals surface area contributed by atoms with E-state index in [2.05, 4.69) is 22.6 Å². The number of benzene rings is 2.